The number of aromatic nitrogens is 2. The lowest BCUT2D eigenvalue weighted by Crippen LogP contribution is -2.22. The van der Waals surface area contributed by atoms with Crippen LogP contribution in [0.5, 0.6) is 0 Å². The number of thiazole rings is 1. The zero-order chi connectivity index (χ0) is 24.0. The first-order chi connectivity index (χ1) is 15.8. The Bertz CT molecular complexity index is 1220. The summed E-state index contributed by atoms with van der Waals surface area (Å²) in [4.78, 5) is 30.7. The van der Waals surface area contributed by atoms with E-state index in [1.807, 2.05) is 56.3 Å². The van der Waals surface area contributed by atoms with E-state index in [1.165, 1.54) is 23.2 Å². The molecule has 0 aliphatic rings. The third kappa shape index (κ3) is 5.57. The summed E-state index contributed by atoms with van der Waals surface area (Å²) in [5.41, 5.74) is 4.04. The zero-order valence-corrected chi connectivity index (χ0v) is 20.0. The molecule has 0 bridgehead atoms. The number of hydrogen-bond donors (Lipinski definition) is 0. The molecular weight excluding hydrogens is 436 g/mol. The largest absolute Gasteiger partial charge is 0.455 e. The Labute approximate surface area is 197 Å². The van der Waals surface area contributed by atoms with Crippen molar-refractivity contribution in [2.75, 3.05) is 4.90 Å². The Morgan fingerprint density at radius 2 is 2.00 bits per heavy atom. The lowest BCUT2D eigenvalue weighted by molar-refractivity contribution is -0.139. The second-order valence-electron chi connectivity index (χ2n) is 7.54. The number of nitriles is 1. The van der Waals surface area contributed by atoms with Crippen LogP contribution in [0.2, 0.25) is 0 Å². The van der Waals surface area contributed by atoms with Crippen molar-refractivity contribution in [1.82, 2.24) is 9.55 Å². The predicted molar refractivity (Wildman–Crippen MR) is 129 cm³/mol. The second-order valence-corrected chi connectivity index (χ2v) is 8.37. The van der Waals surface area contributed by atoms with Gasteiger partial charge in [0.05, 0.1) is 11.4 Å². The summed E-state index contributed by atoms with van der Waals surface area (Å²) in [6.45, 7) is 8.33. The molecule has 0 aliphatic heterocycles. The Kier molecular flexibility index (Phi) is 7.80. The molecule has 2 heterocycles. The smallest absolute Gasteiger partial charge is 0.349 e. The molecule has 0 N–H and O–H groups in total. The number of anilines is 2. The van der Waals surface area contributed by atoms with Crippen molar-refractivity contribution in [3.8, 4) is 6.07 Å². The fraction of sp³-hybridized carbons (Fsp3) is 0.280. The molecule has 1 aromatic carbocycles. The van der Waals surface area contributed by atoms with Gasteiger partial charge in [0.25, 0.3) is 0 Å². The maximum Gasteiger partial charge on any atom is 0.349 e. The van der Waals surface area contributed by atoms with Crippen molar-refractivity contribution in [3.63, 3.8) is 0 Å². The van der Waals surface area contributed by atoms with E-state index in [-0.39, 0.29) is 18.1 Å². The number of carbonyl (C=O) groups is 2. The molecule has 0 atom stereocenters. The minimum absolute atomic E-state index is 0.0724. The third-order valence-electron chi connectivity index (χ3n) is 5.11. The number of nitrogens with zero attached hydrogens (tertiary/aromatic N) is 4. The highest BCUT2D eigenvalue weighted by Crippen LogP contribution is 2.29. The molecule has 0 spiro atoms. The number of esters is 1. The highest BCUT2D eigenvalue weighted by molar-refractivity contribution is 7.14. The molecule has 0 radical (unpaired) electrons. The van der Waals surface area contributed by atoms with Crippen LogP contribution < -0.4 is 4.90 Å². The first kappa shape index (κ1) is 24.0. The molecule has 3 rings (SSSR count). The van der Waals surface area contributed by atoms with Crippen molar-refractivity contribution in [2.45, 2.75) is 47.3 Å². The van der Waals surface area contributed by atoms with Crippen molar-refractivity contribution in [2.24, 2.45) is 0 Å². The third-order valence-corrected chi connectivity index (χ3v) is 5.99. The van der Waals surface area contributed by atoms with Crippen LogP contribution in [0, 0.1) is 25.2 Å². The molecule has 3 aromatic rings. The van der Waals surface area contributed by atoms with Crippen LogP contribution in [0.4, 0.5) is 10.8 Å². The molecule has 8 heteroatoms. The number of para-hydroxylation sites is 1. The van der Waals surface area contributed by atoms with E-state index in [4.69, 9.17) is 4.74 Å². The van der Waals surface area contributed by atoms with E-state index >= 15 is 0 Å². The average Bonchev–Trinajstić information content (AvgIpc) is 3.36. The number of rotatable bonds is 8. The summed E-state index contributed by atoms with van der Waals surface area (Å²) < 4.78 is 7.50. The minimum atomic E-state index is -0.709. The Balaban J connectivity index is 1.72. The Hall–Kier alpha value is -3.70. The highest BCUT2D eigenvalue weighted by Gasteiger charge is 2.19. The lowest BCUT2D eigenvalue weighted by atomic mass is 10.1. The molecule has 2 aromatic heterocycles. The van der Waals surface area contributed by atoms with Crippen LogP contribution in [0.3, 0.4) is 0 Å². The van der Waals surface area contributed by atoms with Gasteiger partial charge in [-0.1, -0.05) is 25.1 Å². The van der Waals surface area contributed by atoms with Crippen LogP contribution in [0.25, 0.3) is 6.08 Å². The molecule has 0 fully saturated rings. The molecule has 1 amide bonds. The molecule has 0 unspecified atom stereocenters. The number of ether oxygens (including phenoxy) is 1. The molecule has 0 saturated carbocycles. The first-order valence-electron chi connectivity index (χ1n) is 10.6. The van der Waals surface area contributed by atoms with E-state index in [0.717, 1.165) is 29.9 Å². The number of amides is 1. The van der Waals surface area contributed by atoms with Gasteiger partial charge in [-0.25, -0.2) is 9.78 Å². The zero-order valence-electron chi connectivity index (χ0n) is 19.2. The first-order valence-corrected chi connectivity index (χ1v) is 11.5. The SMILES string of the molecule is CCCn1c(C)cc(/C=C(/C#N)C(=O)OCc2csc(N(C(C)=O)c3ccccc3)n2)c1C. The lowest BCUT2D eigenvalue weighted by Gasteiger charge is -2.17. The van der Waals surface area contributed by atoms with Gasteiger partial charge in [-0.05, 0) is 50.1 Å². The molecular formula is C25H26N4O3S. The predicted octanol–water partition coefficient (Wildman–Crippen LogP) is 5.31. The fourth-order valence-electron chi connectivity index (χ4n) is 3.52. The van der Waals surface area contributed by atoms with Gasteiger partial charge in [-0.2, -0.15) is 5.26 Å². The van der Waals surface area contributed by atoms with Gasteiger partial charge in [0.1, 0.15) is 18.2 Å². The topological polar surface area (TPSA) is 88.2 Å². The van der Waals surface area contributed by atoms with Crippen molar-refractivity contribution in [3.05, 3.63) is 70.0 Å². The van der Waals surface area contributed by atoms with E-state index in [1.54, 1.807) is 11.5 Å². The summed E-state index contributed by atoms with van der Waals surface area (Å²) >= 11 is 1.28. The Morgan fingerprint density at radius 3 is 2.64 bits per heavy atom. The van der Waals surface area contributed by atoms with Crippen molar-refractivity contribution < 1.29 is 14.3 Å². The van der Waals surface area contributed by atoms with Gasteiger partial charge in [-0.15, -0.1) is 11.3 Å². The number of aryl methyl sites for hydroxylation is 1. The maximum atomic E-state index is 12.5. The van der Waals surface area contributed by atoms with E-state index in [2.05, 4.69) is 16.5 Å². The van der Waals surface area contributed by atoms with E-state index < -0.39 is 5.97 Å². The van der Waals surface area contributed by atoms with Gasteiger partial charge in [0.15, 0.2) is 5.13 Å². The minimum Gasteiger partial charge on any atom is -0.455 e. The molecule has 33 heavy (non-hydrogen) atoms. The maximum absolute atomic E-state index is 12.5. The molecule has 0 aliphatic carbocycles. The number of hydrogen-bond acceptors (Lipinski definition) is 6. The average molecular weight is 463 g/mol. The van der Waals surface area contributed by atoms with Gasteiger partial charge in [0.2, 0.25) is 5.91 Å². The van der Waals surface area contributed by atoms with Crippen molar-refractivity contribution >= 4 is 40.1 Å². The van der Waals surface area contributed by atoms with Crippen LogP contribution in [-0.2, 0) is 27.5 Å². The van der Waals surface area contributed by atoms with Gasteiger partial charge >= 0.3 is 5.97 Å². The number of carbonyl (C=O) groups excluding carboxylic acids is 2. The van der Waals surface area contributed by atoms with Crippen LogP contribution in [-0.4, -0.2) is 21.4 Å². The molecule has 170 valence electrons. The quantitative estimate of drug-likeness (QED) is 0.257. The van der Waals surface area contributed by atoms with E-state index in [0.29, 0.717) is 16.5 Å². The standard InChI is InChI=1S/C25H26N4O3S/c1-5-11-28-17(2)12-20(18(28)3)13-21(14-26)24(31)32-15-22-16-33-25(27-22)29(19(4)30)23-9-7-6-8-10-23/h6-10,12-13,16H,5,11,15H2,1-4H3/b21-13-. The fourth-order valence-corrected chi connectivity index (χ4v) is 4.39. The van der Waals surface area contributed by atoms with Crippen molar-refractivity contribution in [1.29, 1.82) is 5.26 Å². The summed E-state index contributed by atoms with van der Waals surface area (Å²) in [5, 5.41) is 11.7. The van der Waals surface area contributed by atoms with E-state index in [9.17, 15) is 14.9 Å². The van der Waals surface area contributed by atoms with Crippen LogP contribution in [0.15, 0.2) is 47.4 Å². The monoisotopic (exact) mass is 462 g/mol. The Morgan fingerprint density at radius 1 is 1.27 bits per heavy atom. The van der Waals surface area contributed by atoms with Gasteiger partial charge in [0, 0.05) is 30.2 Å². The summed E-state index contributed by atoms with van der Waals surface area (Å²) in [6, 6.07) is 13.1. The highest BCUT2D eigenvalue weighted by atomic mass is 32.1. The van der Waals surface area contributed by atoms with Crippen LogP contribution in [0.1, 0.15) is 42.9 Å². The molecule has 7 nitrogen and oxygen atoms in total. The van der Waals surface area contributed by atoms with Crippen LogP contribution >= 0.6 is 11.3 Å². The summed E-state index contributed by atoms with van der Waals surface area (Å²) in [6.07, 6.45) is 2.56. The summed E-state index contributed by atoms with van der Waals surface area (Å²) in [5.74, 6) is -0.881. The van der Waals surface area contributed by atoms with Gasteiger partial charge < -0.3 is 9.30 Å². The number of benzene rings is 1. The molecule has 0 saturated heterocycles. The van der Waals surface area contributed by atoms with Gasteiger partial charge in [-0.3, -0.25) is 9.69 Å². The second kappa shape index (κ2) is 10.7. The normalized spacial score (nSPS) is 11.2. The summed E-state index contributed by atoms with van der Waals surface area (Å²) in [7, 11) is 0.